The van der Waals surface area contributed by atoms with Gasteiger partial charge in [0.15, 0.2) is 9.84 Å². The first kappa shape index (κ1) is 14.4. The predicted molar refractivity (Wildman–Crippen MR) is 79.0 cm³/mol. The van der Waals surface area contributed by atoms with Crippen LogP contribution < -0.4 is 5.32 Å². The van der Waals surface area contributed by atoms with Crippen LogP contribution in [0.4, 0.5) is 0 Å². The van der Waals surface area contributed by atoms with E-state index in [0.29, 0.717) is 19.6 Å². The molecule has 1 saturated heterocycles. The maximum absolute atomic E-state index is 11.9. The molecule has 0 bridgehead atoms. The van der Waals surface area contributed by atoms with Gasteiger partial charge in [0, 0.05) is 18.5 Å². The van der Waals surface area contributed by atoms with Crippen molar-refractivity contribution in [2.75, 3.05) is 31.8 Å². The fraction of sp³-hybridized carbons (Fsp3) is 0.769. The first-order chi connectivity index (χ1) is 9.55. The summed E-state index contributed by atoms with van der Waals surface area (Å²) in [6.07, 6.45) is 3.92. The van der Waals surface area contributed by atoms with E-state index < -0.39 is 15.4 Å². The molecular weight excluding hydrogens is 296 g/mol. The van der Waals surface area contributed by atoms with Gasteiger partial charge in [-0.25, -0.2) is 13.4 Å². The zero-order valence-corrected chi connectivity index (χ0v) is 13.3. The van der Waals surface area contributed by atoms with E-state index in [0.717, 1.165) is 17.8 Å². The monoisotopic (exact) mass is 316 g/mol. The highest BCUT2D eigenvalue weighted by atomic mass is 32.2. The van der Waals surface area contributed by atoms with Crippen molar-refractivity contribution in [1.29, 1.82) is 0 Å². The van der Waals surface area contributed by atoms with Gasteiger partial charge in [0.2, 0.25) is 0 Å². The van der Waals surface area contributed by atoms with Crippen LogP contribution in [-0.4, -0.2) is 45.2 Å². The Morgan fingerprint density at radius 1 is 1.45 bits per heavy atom. The molecule has 1 aliphatic carbocycles. The van der Waals surface area contributed by atoms with Crippen LogP contribution in [-0.2, 0) is 33.0 Å². The smallest absolute Gasteiger partial charge is 0.152 e. The van der Waals surface area contributed by atoms with Crippen molar-refractivity contribution in [2.45, 2.75) is 31.2 Å². The predicted octanol–water partition coefficient (Wildman–Crippen LogP) is 0.882. The van der Waals surface area contributed by atoms with Gasteiger partial charge in [-0.3, -0.25) is 0 Å². The number of nitrogens with one attached hydrogen (secondary N) is 1. The van der Waals surface area contributed by atoms with Gasteiger partial charge in [0.25, 0.3) is 0 Å². The first-order valence-electron chi connectivity index (χ1n) is 6.98. The fourth-order valence-corrected chi connectivity index (χ4v) is 6.39. The van der Waals surface area contributed by atoms with Crippen LogP contribution >= 0.6 is 11.3 Å². The summed E-state index contributed by atoms with van der Waals surface area (Å²) in [5, 5.41) is 4.36. The third-order valence-corrected chi connectivity index (χ3v) is 7.20. The Balaban J connectivity index is 1.88. The van der Waals surface area contributed by atoms with Crippen LogP contribution in [0.25, 0.3) is 0 Å². The van der Waals surface area contributed by atoms with Crippen molar-refractivity contribution >= 4 is 21.2 Å². The molecule has 1 aromatic heterocycles. The molecule has 5 nitrogen and oxygen atoms in total. The number of methoxy groups -OCH3 is 1. The van der Waals surface area contributed by atoms with Gasteiger partial charge in [-0.15, -0.1) is 11.3 Å². The lowest BCUT2D eigenvalue weighted by molar-refractivity contribution is 0.187. The first-order valence-corrected chi connectivity index (χ1v) is 9.62. The topological polar surface area (TPSA) is 68.3 Å². The number of nitrogens with zero attached hydrogens (tertiary/aromatic N) is 1. The molecule has 2 aliphatic rings. The minimum atomic E-state index is -2.97. The molecule has 20 heavy (non-hydrogen) atoms. The van der Waals surface area contributed by atoms with Gasteiger partial charge in [-0.1, -0.05) is 0 Å². The Morgan fingerprint density at radius 3 is 2.95 bits per heavy atom. The normalized spacial score (nSPS) is 27.9. The lowest BCUT2D eigenvalue weighted by Gasteiger charge is -2.27. The number of fused-ring (bicyclic) bond motifs is 1. The molecule has 2 heterocycles. The number of ether oxygens (including phenoxy) is 1. The second-order valence-electron chi connectivity index (χ2n) is 5.59. The fourth-order valence-electron chi connectivity index (χ4n) is 3.02. The molecule has 0 spiro atoms. The number of rotatable bonds is 5. The van der Waals surface area contributed by atoms with Crippen LogP contribution in [0.5, 0.6) is 0 Å². The van der Waals surface area contributed by atoms with E-state index >= 15 is 0 Å². The molecule has 7 heteroatoms. The molecule has 3 rings (SSSR count). The van der Waals surface area contributed by atoms with Gasteiger partial charge >= 0.3 is 0 Å². The summed E-state index contributed by atoms with van der Waals surface area (Å²) < 4.78 is 28.9. The zero-order valence-electron chi connectivity index (χ0n) is 11.6. The molecule has 1 N–H and O–H groups in total. The lowest BCUT2D eigenvalue weighted by atomic mass is 10.00. The second-order valence-corrected chi connectivity index (χ2v) is 8.85. The molecule has 0 aromatic carbocycles. The second kappa shape index (κ2) is 5.36. The van der Waals surface area contributed by atoms with E-state index in [1.807, 2.05) is 0 Å². The summed E-state index contributed by atoms with van der Waals surface area (Å²) in [6, 6.07) is 0. The van der Waals surface area contributed by atoms with Crippen molar-refractivity contribution in [3.05, 3.63) is 15.6 Å². The van der Waals surface area contributed by atoms with Crippen molar-refractivity contribution in [1.82, 2.24) is 10.3 Å². The molecule has 1 fully saturated rings. The van der Waals surface area contributed by atoms with Gasteiger partial charge in [-0.05, 0) is 25.7 Å². The molecule has 0 amide bonds. The summed E-state index contributed by atoms with van der Waals surface area (Å²) in [7, 11) is -1.32. The number of hydrogen-bond acceptors (Lipinski definition) is 6. The van der Waals surface area contributed by atoms with E-state index in [1.54, 1.807) is 18.4 Å². The number of aromatic nitrogens is 1. The van der Waals surface area contributed by atoms with Gasteiger partial charge in [0.1, 0.15) is 5.01 Å². The maximum Gasteiger partial charge on any atom is 0.152 e. The van der Waals surface area contributed by atoms with E-state index in [1.165, 1.54) is 17.0 Å². The summed E-state index contributed by atoms with van der Waals surface area (Å²) in [4.78, 5) is 6.08. The lowest BCUT2D eigenvalue weighted by Crippen LogP contribution is -2.45. The highest BCUT2D eigenvalue weighted by Crippen LogP contribution is 2.39. The SMILES string of the molecule is COCCNC1(c2nc3c(s2)CCC3)CCS(=O)(=O)C1. The largest absolute Gasteiger partial charge is 0.383 e. The average molecular weight is 316 g/mol. The molecule has 1 atom stereocenters. The van der Waals surface area contributed by atoms with Crippen molar-refractivity contribution in [2.24, 2.45) is 0 Å². The molecule has 112 valence electrons. The minimum Gasteiger partial charge on any atom is -0.383 e. The number of hydrogen-bond donors (Lipinski definition) is 1. The molecule has 1 aromatic rings. The van der Waals surface area contributed by atoms with Gasteiger partial charge in [-0.2, -0.15) is 0 Å². The summed E-state index contributed by atoms with van der Waals surface area (Å²) >= 11 is 1.70. The van der Waals surface area contributed by atoms with E-state index in [4.69, 9.17) is 9.72 Å². The third-order valence-electron chi connectivity index (χ3n) is 4.08. The van der Waals surface area contributed by atoms with Gasteiger partial charge < -0.3 is 10.1 Å². The number of sulfone groups is 1. The average Bonchev–Trinajstić information content (AvgIpc) is 3.02. The molecule has 0 saturated carbocycles. The van der Waals surface area contributed by atoms with E-state index in [9.17, 15) is 8.42 Å². The molecule has 1 unspecified atom stereocenters. The molecular formula is C13H20N2O3S2. The maximum atomic E-state index is 11.9. The van der Waals surface area contributed by atoms with Gasteiger partial charge in [0.05, 0.1) is 29.3 Å². The Kier molecular flexibility index (Phi) is 3.87. The van der Waals surface area contributed by atoms with Crippen LogP contribution in [0.1, 0.15) is 28.4 Å². The van der Waals surface area contributed by atoms with Crippen LogP contribution in [0.2, 0.25) is 0 Å². The quantitative estimate of drug-likeness (QED) is 0.817. The van der Waals surface area contributed by atoms with Crippen LogP contribution in [0.15, 0.2) is 0 Å². The van der Waals surface area contributed by atoms with Crippen molar-refractivity contribution in [3.63, 3.8) is 0 Å². The Labute approximate surface area is 123 Å². The molecule has 0 radical (unpaired) electrons. The highest BCUT2D eigenvalue weighted by Gasteiger charge is 2.46. The van der Waals surface area contributed by atoms with Crippen LogP contribution in [0, 0.1) is 0 Å². The number of thiazole rings is 1. The van der Waals surface area contributed by atoms with Crippen molar-refractivity contribution in [3.8, 4) is 0 Å². The number of aryl methyl sites for hydroxylation is 2. The van der Waals surface area contributed by atoms with Crippen molar-refractivity contribution < 1.29 is 13.2 Å². The minimum absolute atomic E-state index is 0.163. The zero-order chi connectivity index (χ0) is 14.2. The Bertz CT molecular complexity index is 575. The summed E-state index contributed by atoms with van der Waals surface area (Å²) in [5.41, 5.74) is 0.689. The summed E-state index contributed by atoms with van der Waals surface area (Å²) in [6.45, 7) is 1.23. The standard InChI is InChI=1S/C13H20N2O3S2/c1-18-7-6-14-13(5-8-20(16,17)9-13)12-15-10-3-2-4-11(10)19-12/h14H,2-9H2,1H3. The van der Waals surface area contributed by atoms with Crippen LogP contribution in [0.3, 0.4) is 0 Å². The molecule has 1 aliphatic heterocycles. The third kappa shape index (κ3) is 2.64. The van der Waals surface area contributed by atoms with E-state index in [2.05, 4.69) is 5.32 Å². The Hall–Kier alpha value is -0.500. The van der Waals surface area contributed by atoms with E-state index in [-0.39, 0.29) is 11.5 Å². The Morgan fingerprint density at radius 2 is 2.30 bits per heavy atom. The summed E-state index contributed by atoms with van der Waals surface area (Å²) in [5.74, 6) is 0.410. The highest BCUT2D eigenvalue weighted by molar-refractivity contribution is 7.91.